The van der Waals surface area contributed by atoms with Gasteiger partial charge in [-0.25, -0.2) is 0 Å². The fraction of sp³-hybridized carbons (Fsp3) is 0.955. The Kier molecular flexibility index (Phi) is 21.9. The summed E-state index contributed by atoms with van der Waals surface area (Å²) in [6.07, 6.45) is 22.4. The molecule has 0 N–H and O–H groups in total. The number of hydrogen-bond acceptors (Lipinski definition) is 2. The van der Waals surface area contributed by atoms with E-state index in [0.717, 1.165) is 18.2 Å². The van der Waals surface area contributed by atoms with Crippen LogP contribution in [0, 0.1) is 0 Å². The monoisotopic (exact) mass is 418 g/mol. The smallest absolute Gasteiger partial charge is 0.305 e. The van der Waals surface area contributed by atoms with Crippen LogP contribution >= 0.6 is 15.9 Å². The van der Waals surface area contributed by atoms with Crippen molar-refractivity contribution in [1.29, 1.82) is 0 Å². The Labute approximate surface area is 166 Å². The molecule has 25 heavy (non-hydrogen) atoms. The molecule has 0 saturated heterocycles. The Morgan fingerprint density at radius 2 is 1.08 bits per heavy atom. The number of halogens is 1. The SMILES string of the molecule is CCCCCCCCCCOC(=O)CCCCCCCCCCCBr. The van der Waals surface area contributed by atoms with Gasteiger partial charge in [0, 0.05) is 11.8 Å². The first-order valence-corrected chi connectivity index (χ1v) is 12.1. The molecule has 0 aromatic carbocycles. The lowest BCUT2D eigenvalue weighted by Crippen LogP contribution is -2.05. The van der Waals surface area contributed by atoms with Gasteiger partial charge in [0.2, 0.25) is 0 Å². The molecule has 0 amide bonds. The molecule has 0 aliphatic carbocycles. The number of carbonyl (C=O) groups excluding carboxylic acids is 1. The maximum Gasteiger partial charge on any atom is 0.305 e. The molecule has 3 heteroatoms. The first-order chi connectivity index (χ1) is 12.3. The Morgan fingerprint density at radius 1 is 0.640 bits per heavy atom. The van der Waals surface area contributed by atoms with E-state index < -0.39 is 0 Å². The highest BCUT2D eigenvalue weighted by atomic mass is 79.9. The molecular weight excluding hydrogens is 376 g/mol. The lowest BCUT2D eigenvalue weighted by molar-refractivity contribution is -0.143. The summed E-state index contributed by atoms with van der Waals surface area (Å²) < 4.78 is 5.33. The zero-order chi connectivity index (χ0) is 18.4. The van der Waals surface area contributed by atoms with Gasteiger partial charge in [0.05, 0.1) is 6.61 Å². The topological polar surface area (TPSA) is 26.3 Å². The number of hydrogen-bond donors (Lipinski definition) is 0. The van der Waals surface area contributed by atoms with Gasteiger partial charge >= 0.3 is 5.97 Å². The molecule has 0 aliphatic heterocycles. The van der Waals surface area contributed by atoms with Crippen LogP contribution in [0.2, 0.25) is 0 Å². The fourth-order valence-electron chi connectivity index (χ4n) is 3.10. The molecular formula is C22H43BrO2. The predicted molar refractivity (Wildman–Crippen MR) is 114 cm³/mol. The normalized spacial score (nSPS) is 11.0. The second kappa shape index (κ2) is 22.0. The summed E-state index contributed by atoms with van der Waals surface area (Å²) >= 11 is 3.47. The number of alkyl halides is 1. The largest absolute Gasteiger partial charge is 0.466 e. The third-order valence-electron chi connectivity index (χ3n) is 4.78. The van der Waals surface area contributed by atoms with E-state index in [1.807, 2.05) is 0 Å². The highest BCUT2D eigenvalue weighted by Crippen LogP contribution is 2.12. The average molecular weight is 419 g/mol. The fourth-order valence-corrected chi connectivity index (χ4v) is 3.49. The number of unbranched alkanes of at least 4 members (excludes halogenated alkanes) is 15. The van der Waals surface area contributed by atoms with Crippen LogP contribution in [0.5, 0.6) is 0 Å². The van der Waals surface area contributed by atoms with Crippen molar-refractivity contribution in [3.63, 3.8) is 0 Å². The maximum absolute atomic E-state index is 11.7. The van der Waals surface area contributed by atoms with Crippen molar-refractivity contribution in [3.05, 3.63) is 0 Å². The van der Waals surface area contributed by atoms with E-state index >= 15 is 0 Å². The van der Waals surface area contributed by atoms with Crippen molar-refractivity contribution < 1.29 is 9.53 Å². The van der Waals surface area contributed by atoms with Gasteiger partial charge in [-0.05, 0) is 19.3 Å². The molecule has 0 bridgehead atoms. The van der Waals surface area contributed by atoms with E-state index in [2.05, 4.69) is 22.9 Å². The molecule has 0 saturated carbocycles. The second-order valence-corrected chi connectivity index (χ2v) is 8.11. The first-order valence-electron chi connectivity index (χ1n) is 11.0. The summed E-state index contributed by atoms with van der Waals surface area (Å²) in [7, 11) is 0. The Morgan fingerprint density at radius 3 is 1.60 bits per heavy atom. The van der Waals surface area contributed by atoms with E-state index in [1.165, 1.54) is 96.3 Å². The third-order valence-corrected chi connectivity index (χ3v) is 5.34. The van der Waals surface area contributed by atoms with E-state index in [4.69, 9.17) is 4.74 Å². The van der Waals surface area contributed by atoms with E-state index in [-0.39, 0.29) is 5.97 Å². The maximum atomic E-state index is 11.7. The summed E-state index contributed by atoms with van der Waals surface area (Å²) in [5, 5.41) is 1.14. The van der Waals surface area contributed by atoms with Gasteiger partial charge in [-0.15, -0.1) is 0 Å². The van der Waals surface area contributed by atoms with Crippen molar-refractivity contribution in [3.8, 4) is 0 Å². The zero-order valence-corrected chi connectivity index (χ0v) is 18.4. The first kappa shape index (κ1) is 24.9. The summed E-state index contributed by atoms with van der Waals surface area (Å²) in [6, 6.07) is 0. The van der Waals surface area contributed by atoms with Gasteiger partial charge in [-0.3, -0.25) is 4.79 Å². The highest BCUT2D eigenvalue weighted by Gasteiger charge is 2.02. The van der Waals surface area contributed by atoms with Gasteiger partial charge in [0.1, 0.15) is 0 Å². The molecule has 0 radical (unpaired) electrons. The molecule has 0 spiro atoms. The van der Waals surface area contributed by atoms with Crippen molar-refractivity contribution >= 4 is 21.9 Å². The molecule has 150 valence electrons. The molecule has 0 fully saturated rings. The summed E-state index contributed by atoms with van der Waals surface area (Å²) in [6.45, 7) is 2.88. The molecule has 0 rings (SSSR count). The molecule has 0 aliphatic rings. The van der Waals surface area contributed by atoms with Crippen LogP contribution in [0.25, 0.3) is 0 Å². The van der Waals surface area contributed by atoms with Crippen molar-refractivity contribution in [2.75, 3.05) is 11.9 Å². The summed E-state index contributed by atoms with van der Waals surface area (Å²) in [5.41, 5.74) is 0. The predicted octanol–water partition coefficient (Wildman–Crippen LogP) is 7.97. The summed E-state index contributed by atoms with van der Waals surface area (Å²) in [5.74, 6) is 0.0118. The average Bonchev–Trinajstić information content (AvgIpc) is 2.62. The standard InChI is InChI=1S/C22H43BrO2/c1-2-3-4-5-6-12-15-18-21-25-22(24)19-16-13-10-8-7-9-11-14-17-20-23/h2-21H2,1H3. The third kappa shape index (κ3) is 21.9. The number of ether oxygens (including phenoxy) is 1. The van der Waals surface area contributed by atoms with Crippen LogP contribution < -0.4 is 0 Å². The van der Waals surface area contributed by atoms with E-state index in [0.29, 0.717) is 13.0 Å². The molecule has 0 unspecified atom stereocenters. The molecule has 0 heterocycles. The van der Waals surface area contributed by atoms with E-state index in [1.54, 1.807) is 0 Å². The Balaban J connectivity index is 3.13. The molecule has 0 aromatic rings. The van der Waals surface area contributed by atoms with Crippen molar-refractivity contribution in [1.82, 2.24) is 0 Å². The van der Waals surface area contributed by atoms with Crippen LogP contribution in [0.4, 0.5) is 0 Å². The van der Waals surface area contributed by atoms with Gasteiger partial charge in [-0.1, -0.05) is 113 Å². The molecule has 0 aromatic heterocycles. The van der Waals surface area contributed by atoms with Crippen LogP contribution in [-0.4, -0.2) is 17.9 Å². The highest BCUT2D eigenvalue weighted by molar-refractivity contribution is 9.09. The van der Waals surface area contributed by atoms with Crippen molar-refractivity contribution in [2.45, 2.75) is 122 Å². The minimum atomic E-state index is 0.0118. The van der Waals surface area contributed by atoms with Gasteiger partial charge in [0.25, 0.3) is 0 Å². The minimum absolute atomic E-state index is 0.0118. The van der Waals surface area contributed by atoms with Gasteiger partial charge < -0.3 is 4.74 Å². The Bertz CT molecular complexity index is 269. The lowest BCUT2D eigenvalue weighted by Gasteiger charge is -2.05. The quantitative estimate of drug-likeness (QED) is 0.114. The van der Waals surface area contributed by atoms with Crippen LogP contribution in [0.3, 0.4) is 0 Å². The molecule has 0 atom stereocenters. The lowest BCUT2D eigenvalue weighted by atomic mass is 10.1. The second-order valence-electron chi connectivity index (χ2n) is 7.32. The minimum Gasteiger partial charge on any atom is -0.466 e. The number of esters is 1. The Hall–Kier alpha value is -0.0500. The molecule has 2 nitrogen and oxygen atoms in total. The van der Waals surface area contributed by atoms with Crippen LogP contribution in [0.1, 0.15) is 122 Å². The van der Waals surface area contributed by atoms with Gasteiger partial charge in [0.15, 0.2) is 0 Å². The van der Waals surface area contributed by atoms with E-state index in [9.17, 15) is 4.79 Å². The van der Waals surface area contributed by atoms with Crippen LogP contribution in [0.15, 0.2) is 0 Å². The zero-order valence-electron chi connectivity index (χ0n) is 16.8. The van der Waals surface area contributed by atoms with Gasteiger partial charge in [-0.2, -0.15) is 0 Å². The number of carbonyl (C=O) groups is 1. The number of rotatable bonds is 20. The van der Waals surface area contributed by atoms with Crippen molar-refractivity contribution in [2.24, 2.45) is 0 Å². The van der Waals surface area contributed by atoms with Crippen LogP contribution in [-0.2, 0) is 9.53 Å². The summed E-state index contributed by atoms with van der Waals surface area (Å²) in [4.78, 5) is 11.7.